The van der Waals surface area contributed by atoms with Gasteiger partial charge in [0.2, 0.25) is 5.91 Å². The Morgan fingerprint density at radius 2 is 2.26 bits per heavy atom. The molecule has 0 bridgehead atoms. The fourth-order valence-electron chi connectivity index (χ4n) is 1.39. The number of nitro groups is 1. The maximum atomic E-state index is 11.6. The predicted molar refractivity (Wildman–Crippen MR) is 69.6 cm³/mol. The molecule has 1 aromatic rings. The molecule has 0 aromatic heterocycles. The number of carbonyl (C=O) groups is 1. The summed E-state index contributed by atoms with van der Waals surface area (Å²) in [5.41, 5.74) is 0.303. The van der Waals surface area contributed by atoms with E-state index in [0.717, 1.165) is 0 Å². The van der Waals surface area contributed by atoms with Gasteiger partial charge in [-0.1, -0.05) is 0 Å². The first-order valence-electron chi connectivity index (χ1n) is 5.66. The van der Waals surface area contributed by atoms with Crippen molar-refractivity contribution in [3.05, 3.63) is 33.9 Å². The second-order valence-corrected chi connectivity index (χ2v) is 3.86. The van der Waals surface area contributed by atoms with Crippen LogP contribution in [-0.4, -0.2) is 35.9 Å². The summed E-state index contributed by atoms with van der Waals surface area (Å²) in [7, 11) is 1.64. The van der Waals surface area contributed by atoms with Gasteiger partial charge in [0.25, 0.3) is 5.69 Å². The lowest BCUT2D eigenvalue weighted by molar-refractivity contribution is -0.384. The van der Waals surface area contributed by atoms with Gasteiger partial charge in [0.1, 0.15) is 5.69 Å². The monoisotopic (exact) mass is 262 g/mol. The van der Waals surface area contributed by atoms with E-state index in [4.69, 9.17) is 5.26 Å². The number of nitrogens with zero attached hydrogens (tertiary/aromatic N) is 3. The zero-order valence-electron chi connectivity index (χ0n) is 10.7. The Labute approximate surface area is 110 Å². The van der Waals surface area contributed by atoms with Crippen LogP contribution in [0.3, 0.4) is 0 Å². The van der Waals surface area contributed by atoms with E-state index < -0.39 is 4.92 Å². The van der Waals surface area contributed by atoms with Crippen molar-refractivity contribution in [3.8, 4) is 6.07 Å². The molecule has 19 heavy (non-hydrogen) atoms. The van der Waals surface area contributed by atoms with Gasteiger partial charge < -0.3 is 10.2 Å². The number of nitrogens with one attached hydrogen (secondary N) is 1. The lowest BCUT2D eigenvalue weighted by Gasteiger charge is -2.15. The minimum atomic E-state index is -0.558. The summed E-state index contributed by atoms with van der Waals surface area (Å²) in [5.74, 6) is -0.181. The van der Waals surface area contributed by atoms with Gasteiger partial charge >= 0.3 is 0 Å². The van der Waals surface area contributed by atoms with Crippen molar-refractivity contribution in [3.63, 3.8) is 0 Å². The maximum Gasteiger partial charge on any atom is 0.292 e. The van der Waals surface area contributed by atoms with Gasteiger partial charge in [-0.2, -0.15) is 5.26 Å². The molecule has 7 heteroatoms. The molecular formula is C12H14N4O3. The minimum absolute atomic E-state index is 0.0555. The van der Waals surface area contributed by atoms with E-state index in [-0.39, 0.29) is 23.8 Å². The molecule has 0 atom stereocenters. The van der Waals surface area contributed by atoms with Crippen molar-refractivity contribution in [1.29, 1.82) is 5.26 Å². The van der Waals surface area contributed by atoms with Crippen LogP contribution in [0.2, 0.25) is 0 Å². The predicted octanol–water partition coefficient (Wildman–Crippen LogP) is 1.36. The number of carbonyl (C=O) groups excluding carboxylic acids is 1. The Kier molecular flexibility index (Phi) is 4.83. The highest BCUT2D eigenvalue weighted by Crippen LogP contribution is 2.24. The fourth-order valence-corrected chi connectivity index (χ4v) is 1.39. The normalized spacial score (nSPS) is 9.53. The lowest BCUT2D eigenvalue weighted by atomic mass is 10.2. The summed E-state index contributed by atoms with van der Waals surface area (Å²) in [5, 5.41) is 22.3. The fraction of sp³-hybridized carbons (Fsp3) is 0.333. The van der Waals surface area contributed by atoms with E-state index in [2.05, 4.69) is 5.32 Å². The summed E-state index contributed by atoms with van der Waals surface area (Å²) >= 11 is 0. The molecule has 0 aliphatic carbocycles. The van der Waals surface area contributed by atoms with Crippen LogP contribution in [-0.2, 0) is 4.79 Å². The molecule has 1 aromatic carbocycles. The Balaban J connectivity index is 2.90. The van der Waals surface area contributed by atoms with Crippen molar-refractivity contribution >= 4 is 17.3 Å². The average molecular weight is 262 g/mol. The molecular weight excluding hydrogens is 248 g/mol. The van der Waals surface area contributed by atoms with Gasteiger partial charge in [0.05, 0.1) is 23.1 Å². The van der Waals surface area contributed by atoms with Crippen LogP contribution in [0.4, 0.5) is 11.4 Å². The number of nitro benzene ring substituents is 1. The number of nitriles is 1. The van der Waals surface area contributed by atoms with Crippen LogP contribution < -0.4 is 5.32 Å². The molecule has 1 amide bonds. The number of amides is 1. The van der Waals surface area contributed by atoms with E-state index in [1.165, 1.54) is 23.1 Å². The van der Waals surface area contributed by atoms with Crippen molar-refractivity contribution in [2.24, 2.45) is 0 Å². The highest BCUT2D eigenvalue weighted by atomic mass is 16.6. The Bertz CT molecular complexity index is 536. The molecule has 7 nitrogen and oxygen atoms in total. The molecule has 0 spiro atoms. The van der Waals surface area contributed by atoms with Gasteiger partial charge in [-0.05, 0) is 19.1 Å². The van der Waals surface area contributed by atoms with E-state index in [9.17, 15) is 14.9 Å². The van der Waals surface area contributed by atoms with Crippen molar-refractivity contribution < 1.29 is 9.72 Å². The Morgan fingerprint density at radius 3 is 2.79 bits per heavy atom. The standard InChI is InChI=1S/C12H14N4O3/c1-3-15(2)12(17)8-14-10-6-9(7-13)4-5-11(10)16(18)19/h4-6,14H,3,8H2,1-2H3. The molecule has 0 saturated heterocycles. The SMILES string of the molecule is CCN(C)C(=O)CNc1cc(C#N)ccc1[N+](=O)[O-]. The zero-order valence-corrected chi connectivity index (χ0v) is 10.7. The minimum Gasteiger partial charge on any atom is -0.371 e. The highest BCUT2D eigenvalue weighted by Gasteiger charge is 2.15. The number of benzene rings is 1. The molecule has 0 aliphatic rings. The second kappa shape index (κ2) is 6.35. The second-order valence-electron chi connectivity index (χ2n) is 3.86. The third kappa shape index (κ3) is 3.67. The van der Waals surface area contributed by atoms with Crippen LogP contribution in [0.5, 0.6) is 0 Å². The number of hydrogen-bond donors (Lipinski definition) is 1. The van der Waals surface area contributed by atoms with Crippen LogP contribution in [0.1, 0.15) is 12.5 Å². The van der Waals surface area contributed by atoms with E-state index in [1.807, 2.05) is 13.0 Å². The quantitative estimate of drug-likeness (QED) is 0.638. The van der Waals surface area contributed by atoms with Crippen LogP contribution in [0.15, 0.2) is 18.2 Å². The number of rotatable bonds is 5. The first kappa shape index (κ1) is 14.4. The van der Waals surface area contributed by atoms with Gasteiger partial charge in [-0.15, -0.1) is 0 Å². The van der Waals surface area contributed by atoms with Crippen LogP contribution in [0.25, 0.3) is 0 Å². The van der Waals surface area contributed by atoms with E-state index in [0.29, 0.717) is 12.1 Å². The van der Waals surface area contributed by atoms with Crippen molar-refractivity contribution in [2.45, 2.75) is 6.92 Å². The van der Waals surface area contributed by atoms with E-state index in [1.54, 1.807) is 7.05 Å². The van der Waals surface area contributed by atoms with Gasteiger partial charge in [0, 0.05) is 19.7 Å². The third-order valence-corrected chi connectivity index (χ3v) is 2.65. The van der Waals surface area contributed by atoms with Crippen LogP contribution in [0, 0.1) is 21.4 Å². The molecule has 100 valence electrons. The summed E-state index contributed by atoms with van der Waals surface area (Å²) in [6.45, 7) is 2.33. The summed E-state index contributed by atoms with van der Waals surface area (Å²) < 4.78 is 0. The largest absolute Gasteiger partial charge is 0.371 e. The molecule has 0 heterocycles. The van der Waals surface area contributed by atoms with Crippen molar-refractivity contribution in [1.82, 2.24) is 4.90 Å². The molecule has 1 N–H and O–H groups in total. The molecule has 1 rings (SSSR count). The topological polar surface area (TPSA) is 99.3 Å². The van der Waals surface area contributed by atoms with Gasteiger partial charge in [-0.3, -0.25) is 14.9 Å². The zero-order chi connectivity index (χ0) is 14.4. The first-order chi connectivity index (χ1) is 8.99. The number of hydrogen-bond acceptors (Lipinski definition) is 5. The summed E-state index contributed by atoms with van der Waals surface area (Å²) in [6, 6.07) is 5.86. The first-order valence-corrected chi connectivity index (χ1v) is 5.66. The summed E-state index contributed by atoms with van der Waals surface area (Å²) in [4.78, 5) is 23.4. The molecule has 0 unspecified atom stereocenters. The molecule has 0 fully saturated rings. The number of likely N-dealkylation sites (N-methyl/N-ethyl adjacent to an activating group) is 1. The highest BCUT2D eigenvalue weighted by molar-refractivity contribution is 5.81. The molecule has 0 saturated carbocycles. The number of anilines is 1. The summed E-state index contributed by atoms with van der Waals surface area (Å²) in [6.07, 6.45) is 0. The van der Waals surface area contributed by atoms with Crippen LogP contribution >= 0.6 is 0 Å². The maximum absolute atomic E-state index is 11.6. The van der Waals surface area contributed by atoms with Crippen molar-refractivity contribution in [2.75, 3.05) is 25.5 Å². The van der Waals surface area contributed by atoms with E-state index >= 15 is 0 Å². The molecule has 0 aliphatic heterocycles. The molecule has 0 radical (unpaired) electrons. The Hall–Kier alpha value is -2.62. The third-order valence-electron chi connectivity index (χ3n) is 2.65. The van der Waals surface area contributed by atoms with Gasteiger partial charge in [-0.25, -0.2) is 0 Å². The van der Waals surface area contributed by atoms with Gasteiger partial charge in [0.15, 0.2) is 0 Å². The lowest BCUT2D eigenvalue weighted by Crippen LogP contribution is -2.32. The Morgan fingerprint density at radius 1 is 1.58 bits per heavy atom. The smallest absolute Gasteiger partial charge is 0.292 e. The average Bonchev–Trinajstić information content (AvgIpc) is 2.43.